The third-order valence-electron chi connectivity index (χ3n) is 7.64. The number of alkyl carbamates (subject to hydrolysis) is 1. The van der Waals surface area contributed by atoms with Gasteiger partial charge in [-0.15, -0.1) is 10.2 Å². The van der Waals surface area contributed by atoms with Crippen LogP contribution in [0.5, 0.6) is 0 Å². The number of nitrogens with one attached hydrogen (secondary N) is 3. The maximum absolute atomic E-state index is 14.1. The number of carbonyl (C=O) groups is 3. The fourth-order valence-electron chi connectivity index (χ4n) is 5.62. The fourth-order valence-corrected chi connectivity index (χ4v) is 5.62. The molecule has 1 aliphatic carbocycles. The van der Waals surface area contributed by atoms with Crippen LogP contribution in [0.25, 0.3) is 10.9 Å². The highest BCUT2D eigenvalue weighted by molar-refractivity contribution is 5.89. The zero-order valence-corrected chi connectivity index (χ0v) is 25.0. The van der Waals surface area contributed by atoms with Crippen molar-refractivity contribution in [1.82, 2.24) is 25.8 Å². The second-order valence-corrected chi connectivity index (χ2v) is 12.8. The smallest absolute Gasteiger partial charge is 0.408 e. The van der Waals surface area contributed by atoms with E-state index >= 15 is 0 Å². The monoisotopic (exact) mass is 587 g/mol. The lowest BCUT2D eigenvalue weighted by atomic mass is 9.80. The van der Waals surface area contributed by atoms with Crippen LogP contribution in [0.15, 0.2) is 59.1 Å². The van der Waals surface area contributed by atoms with Gasteiger partial charge in [-0.25, -0.2) is 4.79 Å². The predicted molar refractivity (Wildman–Crippen MR) is 158 cm³/mol. The summed E-state index contributed by atoms with van der Waals surface area (Å²) in [4.78, 5) is 41.8. The molecule has 0 saturated carbocycles. The molecule has 0 saturated heterocycles. The van der Waals surface area contributed by atoms with Crippen molar-refractivity contribution >= 4 is 28.9 Å². The van der Waals surface area contributed by atoms with Crippen molar-refractivity contribution in [3.05, 3.63) is 83.2 Å². The third kappa shape index (κ3) is 6.55. The van der Waals surface area contributed by atoms with Crippen molar-refractivity contribution in [3.63, 3.8) is 0 Å². The molecule has 0 aliphatic heterocycles. The second kappa shape index (κ2) is 11.2. The van der Waals surface area contributed by atoms with E-state index in [4.69, 9.17) is 9.15 Å². The molecule has 0 spiro atoms. The van der Waals surface area contributed by atoms with Crippen LogP contribution in [0.4, 0.5) is 4.79 Å². The molecule has 2 amide bonds. The van der Waals surface area contributed by atoms with Crippen LogP contribution in [0.2, 0.25) is 0 Å². The van der Waals surface area contributed by atoms with Crippen molar-refractivity contribution < 1.29 is 28.6 Å². The Morgan fingerprint density at radius 3 is 2.33 bits per heavy atom. The number of nitrogens with zero attached hydrogens (tertiary/aromatic N) is 2. The van der Waals surface area contributed by atoms with Crippen LogP contribution in [0.1, 0.15) is 75.6 Å². The van der Waals surface area contributed by atoms with E-state index < -0.39 is 40.6 Å². The molecule has 1 atom stereocenters. The van der Waals surface area contributed by atoms with Gasteiger partial charge in [0, 0.05) is 23.5 Å². The minimum Gasteiger partial charge on any atom is -0.481 e. The van der Waals surface area contributed by atoms with Gasteiger partial charge in [-0.05, 0) is 70.2 Å². The van der Waals surface area contributed by atoms with E-state index in [0.717, 1.165) is 27.6 Å². The summed E-state index contributed by atoms with van der Waals surface area (Å²) in [5, 5.41) is 25.1. The Morgan fingerprint density at radius 1 is 1.02 bits per heavy atom. The number of rotatable bonds is 9. The fraction of sp³-hybridized carbons (Fsp3) is 0.406. The number of carboxylic acid groups (broad SMARTS) is 1. The first kappa shape index (κ1) is 29.8. The summed E-state index contributed by atoms with van der Waals surface area (Å²) in [6.07, 6.45) is 1.82. The van der Waals surface area contributed by atoms with E-state index in [-0.39, 0.29) is 18.2 Å². The number of hydrogen-bond donors (Lipinski definition) is 4. The molecule has 4 aromatic rings. The number of fused-ring (bicyclic) bond motifs is 2. The van der Waals surface area contributed by atoms with Crippen molar-refractivity contribution in [1.29, 1.82) is 0 Å². The molecule has 0 fully saturated rings. The minimum atomic E-state index is -1.17. The van der Waals surface area contributed by atoms with Crippen LogP contribution in [0, 0.1) is 5.41 Å². The second-order valence-electron chi connectivity index (χ2n) is 12.8. The van der Waals surface area contributed by atoms with Gasteiger partial charge in [0.1, 0.15) is 17.2 Å². The van der Waals surface area contributed by atoms with E-state index in [1.807, 2.05) is 54.7 Å². The number of aliphatic carboxylic acids is 1. The zero-order valence-electron chi connectivity index (χ0n) is 25.0. The molecule has 1 aliphatic rings. The predicted octanol–water partition coefficient (Wildman–Crippen LogP) is 4.97. The van der Waals surface area contributed by atoms with Gasteiger partial charge in [0.05, 0.1) is 11.8 Å². The molecule has 0 radical (unpaired) electrons. The Hall–Kier alpha value is -4.67. The van der Waals surface area contributed by atoms with Crippen molar-refractivity contribution in [3.8, 4) is 0 Å². The quantitative estimate of drug-likeness (QED) is 0.214. The van der Waals surface area contributed by atoms with Gasteiger partial charge in [0.2, 0.25) is 17.7 Å². The lowest BCUT2D eigenvalue weighted by Gasteiger charge is -2.28. The first-order valence-electron chi connectivity index (χ1n) is 14.2. The number of amides is 2. The maximum atomic E-state index is 14.1. The summed E-state index contributed by atoms with van der Waals surface area (Å²) in [6, 6.07) is 14.7. The van der Waals surface area contributed by atoms with Crippen LogP contribution in [-0.2, 0) is 39.1 Å². The van der Waals surface area contributed by atoms with Gasteiger partial charge in [-0.1, -0.05) is 42.5 Å². The van der Waals surface area contributed by atoms with Crippen molar-refractivity contribution in [2.45, 2.75) is 77.5 Å². The molecule has 2 heterocycles. The number of carbonyl (C=O) groups excluding carboxylic acids is 2. The normalized spacial score (nSPS) is 15.1. The van der Waals surface area contributed by atoms with Gasteiger partial charge in [0.15, 0.2) is 0 Å². The largest absolute Gasteiger partial charge is 0.481 e. The van der Waals surface area contributed by atoms with Gasteiger partial charge in [-0.2, -0.15) is 0 Å². The van der Waals surface area contributed by atoms with E-state index in [2.05, 4.69) is 25.8 Å². The highest BCUT2D eigenvalue weighted by atomic mass is 16.6. The maximum Gasteiger partial charge on any atom is 0.408 e. The molecule has 1 unspecified atom stereocenters. The van der Waals surface area contributed by atoms with E-state index in [0.29, 0.717) is 19.3 Å². The van der Waals surface area contributed by atoms with Gasteiger partial charge < -0.3 is 29.9 Å². The summed E-state index contributed by atoms with van der Waals surface area (Å²) in [6.45, 7) is 8.71. The minimum absolute atomic E-state index is 0.125. The first-order chi connectivity index (χ1) is 20.2. The zero-order chi connectivity index (χ0) is 31.0. The van der Waals surface area contributed by atoms with Gasteiger partial charge >= 0.3 is 12.1 Å². The van der Waals surface area contributed by atoms with Crippen LogP contribution in [-0.4, -0.2) is 43.9 Å². The summed E-state index contributed by atoms with van der Waals surface area (Å²) in [5.74, 6) is -1.19. The summed E-state index contributed by atoms with van der Waals surface area (Å²) >= 11 is 0. The molecular weight excluding hydrogens is 550 g/mol. The lowest BCUT2D eigenvalue weighted by Crippen LogP contribution is -2.45. The third-order valence-corrected chi connectivity index (χ3v) is 7.64. The SMILES string of the molecule is CC(C)(C)OC(=O)NC(C)(C)c1nnc(C(Cc2c[nH]c3ccccc23)NC(=O)C2(CC(=O)O)Cc3ccccc3C2)o1. The molecule has 0 bridgehead atoms. The highest BCUT2D eigenvalue weighted by Gasteiger charge is 2.46. The number of para-hydroxylation sites is 1. The Bertz CT molecular complexity index is 1640. The molecule has 2 aromatic carbocycles. The molecule has 11 heteroatoms. The first-order valence-corrected chi connectivity index (χ1v) is 14.2. The number of ether oxygens (including phenoxy) is 1. The Balaban J connectivity index is 1.46. The summed E-state index contributed by atoms with van der Waals surface area (Å²) in [7, 11) is 0. The van der Waals surface area contributed by atoms with Crippen molar-refractivity contribution in [2.75, 3.05) is 0 Å². The molecule has 2 aromatic heterocycles. The Labute approximate surface area is 249 Å². The number of hydrogen-bond acceptors (Lipinski definition) is 7. The van der Waals surface area contributed by atoms with E-state index in [1.165, 1.54) is 0 Å². The summed E-state index contributed by atoms with van der Waals surface area (Å²) in [5.41, 5.74) is 0.818. The lowest BCUT2D eigenvalue weighted by molar-refractivity contribution is -0.145. The molecular formula is C32H37N5O6. The number of aromatic nitrogens is 3. The van der Waals surface area contributed by atoms with Crippen molar-refractivity contribution in [2.24, 2.45) is 5.41 Å². The highest BCUT2D eigenvalue weighted by Crippen LogP contribution is 2.41. The molecule has 11 nitrogen and oxygen atoms in total. The number of benzene rings is 2. The molecule has 4 N–H and O–H groups in total. The van der Waals surface area contributed by atoms with Gasteiger partial charge in [0.25, 0.3) is 0 Å². The Kier molecular flexibility index (Phi) is 7.76. The summed E-state index contributed by atoms with van der Waals surface area (Å²) < 4.78 is 11.5. The molecule has 226 valence electrons. The average molecular weight is 588 g/mol. The van der Waals surface area contributed by atoms with E-state index in [9.17, 15) is 19.5 Å². The number of aromatic amines is 1. The number of carboxylic acids is 1. The topological polar surface area (TPSA) is 159 Å². The van der Waals surface area contributed by atoms with Crippen LogP contribution in [0.3, 0.4) is 0 Å². The van der Waals surface area contributed by atoms with Gasteiger partial charge in [-0.3, -0.25) is 9.59 Å². The Morgan fingerprint density at radius 2 is 1.67 bits per heavy atom. The van der Waals surface area contributed by atoms with E-state index in [1.54, 1.807) is 34.6 Å². The molecule has 43 heavy (non-hydrogen) atoms. The average Bonchev–Trinajstić information content (AvgIpc) is 3.64. The standard InChI is InChI=1S/C32H37N5O6/c1-30(2,3)43-29(41)35-31(4,5)28-37-36-26(42-28)24(14-21-18-33-23-13-9-8-12-22(21)23)34-27(40)32(17-25(38)39)15-19-10-6-7-11-20(19)16-32/h6-13,18,24,33H,14-17H2,1-5H3,(H,34,40)(H,35,41)(H,38,39). The van der Waals surface area contributed by atoms with Crippen LogP contribution < -0.4 is 10.6 Å². The molecule has 5 rings (SSSR count). The number of H-pyrrole nitrogens is 1. The van der Waals surface area contributed by atoms with Crippen LogP contribution >= 0.6 is 0 Å².